The highest BCUT2D eigenvalue weighted by atomic mass is 16.5. The average molecular weight is 239 g/mol. The monoisotopic (exact) mass is 239 g/mol. The van der Waals surface area contributed by atoms with Gasteiger partial charge in [0.2, 0.25) is 0 Å². The van der Waals surface area contributed by atoms with Gasteiger partial charge in [-0.3, -0.25) is 4.79 Å². The van der Waals surface area contributed by atoms with E-state index in [-0.39, 0.29) is 11.7 Å². The first kappa shape index (κ1) is 13.3. The smallest absolute Gasteiger partial charge is 0.306 e. The molecule has 5 nitrogen and oxygen atoms in total. The number of rotatable bonds is 6. The zero-order chi connectivity index (χ0) is 12.7. The van der Waals surface area contributed by atoms with Gasteiger partial charge in [0.25, 0.3) is 0 Å². The minimum absolute atomic E-state index is 0.116. The molecular formula is C12H17NO4. The lowest BCUT2D eigenvalue weighted by atomic mass is 10.2. The number of esters is 1. The number of hydrogen-bond acceptors (Lipinski definition) is 5. The number of benzene rings is 1. The molecule has 0 aliphatic carbocycles. The predicted octanol–water partition coefficient (Wildman–Crippen LogP) is 1.05. The molecule has 1 rings (SSSR count). The first-order chi connectivity index (χ1) is 8.17. The third kappa shape index (κ3) is 4.32. The van der Waals surface area contributed by atoms with Crippen LogP contribution in [0.25, 0.3) is 0 Å². The van der Waals surface area contributed by atoms with Crippen LogP contribution in [0.3, 0.4) is 0 Å². The topological polar surface area (TPSA) is 67.8 Å². The predicted molar refractivity (Wildman–Crippen MR) is 63.0 cm³/mol. The molecule has 17 heavy (non-hydrogen) atoms. The van der Waals surface area contributed by atoms with E-state index in [1.807, 2.05) is 0 Å². The molecule has 0 aliphatic heterocycles. The van der Waals surface area contributed by atoms with Crippen LogP contribution in [0.1, 0.15) is 12.0 Å². The molecule has 1 aromatic carbocycles. The molecule has 2 N–H and O–H groups in total. The van der Waals surface area contributed by atoms with Crippen molar-refractivity contribution in [2.75, 3.05) is 20.8 Å². The fourth-order valence-corrected chi connectivity index (χ4v) is 1.36. The summed E-state index contributed by atoms with van der Waals surface area (Å²) in [6.45, 7) is 1.16. The Balaban J connectivity index is 2.39. The summed E-state index contributed by atoms with van der Waals surface area (Å²) in [5.41, 5.74) is 0.976. The lowest BCUT2D eigenvalue weighted by Crippen LogP contribution is -2.18. The van der Waals surface area contributed by atoms with Gasteiger partial charge in [0.05, 0.1) is 20.6 Å². The highest BCUT2D eigenvalue weighted by Gasteiger charge is 2.03. The van der Waals surface area contributed by atoms with Crippen molar-refractivity contribution in [2.24, 2.45) is 0 Å². The van der Waals surface area contributed by atoms with E-state index in [0.29, 0.717) is 25.3 Å². The Morgan fingerprint density at radius 2 is 2.18 bits per heavy atom. The summed E-state index contributed by atoms with van der Waals surface area (Å²) in [6.07, 6.45) is 0.339. The number of phenolic OH excluding ortho intramolecular Hbond substituents is 1. The van der Waals surface area contributed by atoms with Crippen LogP contribution in [0.5, 0.6) is 11.5 Å². The van der Waals surface area contributed by atoms with Crippen molar-refractivity contribution < 1.29 is 19.4 Å². The van der Waals surface area contributed by atoms with E-state index in [4.69, 9.17) is 4.74 Å². The minimum Gasteiger partial charge on any atom is -0.504 e. The molecule has 94 valence electrons. The number of carbonyl (C=O) groups is 1. The number of phenols is 1. The van der Waals surface area contributed by atoms with Crippen molar-refractivity contribution >= 4 is 5.97 Å². The Bertz CT molecular complexity index is 379. The lowest BCUT2D eigenvalue weighted by molar-refractivity contribution is -0.140. The van der Waals surface area contributed by atoms with Crippen LogP contribution < -0.4 is 10.1 Å². The van der Waals surface area contributed by atoms with Gasteiger partial charge in [0, 0.05) is 13.1 Å². The fourth-order valence-electron chi connectivity index (χ4n) is 1.36. The molecule has 5 heteroatoms. The number of aromatic hydroxyl groups is 1. The summed E-state index contributed by atoms with van der Waals surface area (Å²) in [5, 5.41) is 12.5. The highest BCUT2D eigenvalue weighted by Crippen LogP contribution is 2.25. The first-order valence-electron chi connectivity index (χ1n) is 5.30. The third-order valence-corrected chi connectivity index (χ3v) is 2.31. The summed E-state index contributed by atoms with van der Waals surface area (Å²) in [6, 6.07) is 5.12. The van der Waals surface area contributed by atoms with Crippen molar-refractivity contribution in [3.8, 4) is 11.5 Å². The Morgan fingerprint density at radius 1 is 1.41 bits per heavy atom. The zero-order valence-corrected chi connectivity index (χ0v) is 10.0. The number of hydrogen-bond donors (Lipinski definition) is 2. The maximum atomic E-state index is 10.9. The molecule has 0 fully saturated rings. The van der Waals surface area contributed by atoms with Crippen molar-refractivity contribution in [3.63, 3.8) is 0 Å². The fraction of sp³-hybridized carbons (Fsp3) is 0.417. The van der Waals surface area contributed by atoms with E-state index in [0.717, 1.165) is 5.56 Å². The van der Waals surface area contributed by atoms with Gasteiger partial charge in [-0.15, -0.1) is 0 Å². The molecule has 0 bridgehead atoms. The van der Waals surface area contributed by atoms with Crippen LogP contribution in [0.4, 0.5) is 0 Å². The van der Waals surface area contributed by atoms with Gasteiger partial charge in [0.15, 0.2) is 11.5 Å². The van der Waals surface area contributed by atoms with Crippen molar-refractivity contribution in [1.82, 2.24) is 5.32 Å². The average Bonchev–Trinajstić information content (AvgIpc) is 2.36. The van der Waals surface area contributed by atoms with Crippen LogP contribution in [0, 0.1) is 0 Å². The molecule has 0 spiro atoms. The summed E-state index contributed by atoms with van der Waals surface area (Å²) in [5.74, 6) is 0.323. The van der Waals surface area contributed by atoms with Crippen LogP contribution in [-0.4, -0.2) is 31.8 Å². The summed E-state index contributed by atoms with van der Waals surface area (Å²) < 4.78 is 9.52. The normalized spacial score (nSPS) is 10.0. The van der Waals surface area contributed by atoms with E-state index in [2.05, 4.69) is 10.1 Å². The minimum atomic E-state index is -0.235. The van der Waals surface area contributed by atoms with Gasteiger partial charge in [-0.1, -0.05) is 6.07 Å². The van der Waals surface area contributed by atoms with Gasteiger partial charge >= 0.3 is 5.97 Å². The SMILES string of the molecule is COC(=O)CCNCc1ccc(O)c(OC)c1. The molecule has 0 atom stereocenters. The van der Waals surface area contributed by atoms with Gasteiger partial charge in [0.1, 0.15) is 0 Å². The number of nitrogens with one attached hydrogen (secondary N) is 1. The van der Waals surface area contributed by atoms with Crippen molar-refractivity contribution in [1.29, 1.82) is 0 Å². The molecule has 0 aliphatic rings. The molecule has 0 unspecified atom stereocenters. The second-order valence-electron chi connectivity index (χ2n) is 3.51. The maximum absolute atomic E-state index is 10.9. The van der Waals surface area contributed by atoms with E-state index >= 15 is 0 Å². The number of methoxy groups -OCH3 is 2. The molecule has 0 heterocycles. The highest BCUT2D eigenvalue weighted by molar-refractivity contribution is 5.69. The third-order valence-electron chi connectivity index (χ3n) is 2.31. The van der Waals surface area contributed by atoms with Crippen LogP contribution >= 0.6 is 0 Å². The molecule has 0 aromatic heterocycles. The Morgan fingerprint density at radius 3 is 2.82 bits per heavy atom. The van der Waals surface area contributed by atoms with E-state index in [9.17, 15) is 9.90 Å². The Hall–Kier alpha value is -1.75. The largest absolute Gasteiger partial charge is 0.504 e. The molecular weight excluding hydrogens is 222 g/mol. The second kappa shape index (κ2) is 6.75. The Labute approximate surface area is 100 Å². The quantitative estimate of drug-likeness (QED) is 0.574. The van der Waals surface area contributed by atoms with Gasteiger partial charge in [-0.2, -0.15) is 0 Å². The first-order valence-corrected chi connectivity index (χ1v) is 5.30. The van der Waals surface area contributed by atoms with E-state index in [1.54, 1.807) is 18.2 Å². The number of carbonyl (C=O) groups excluding carboxylic acids is 1. The van der Waals surface area contributed by atoms with Crippen LogP contribution in [0.15, 0.2) is 18.2 Å². The van der Waals surface area contributed by atoms with Gasteiger partial charge in [-0.25, -0.2) is 0 Å². The summed E-state index contributed by atoms with van der Waals surface area (Å²) in [7, 11) is 2.87. The molecule has 0 saturated heterocycles. The van der Waals surface area contributed by atoms with Gasteiger partial charge in [-0.05, 0) is 17.7 Å². The van der Waals surface area contributed by atoms with E-state index in [1.165, 1.54) is 14.2 Å². The summed E-state index contributed by atoms with van der Waals surface area (Å²) >= 11 is 0. The zero-order valence-electron chi connectivity index (χ0n) is 10.0. The second-order valence-corrected chi connectivity index (χ2v) is 3.51. The van der Waals surface area contributed by atoms with Crippen molar-refractivity contribution in [2.45, 2.75) is 13.0 Å². The summed E-state index contributed by atoms with van der Waals surface area (Å²) in [4.78, 5) is 10.9. The van der Waals surface area contributed by atoms with Crippen LogP contribution in [-0.2, 0) is 16.1 Å². The molecule has 1 aromatic rings. The lowest BCUT2D eigenvalue weighted by Gasteiger charge is -2.07. The number of ether oxygens (including phenoxy) is 2. The van der Waals surface area contributed by atoms with Crippen LogP contribution in [0.2, 0.25) is 0 Å². The van der Waals surface area contributed by atoms with Crippen molar-refractivity contribution in [3.05, 3.63) is 23.8 Å². The Kier molecular flexibility index (Phi) is 5.29. The molecule has 0 saturated carbocycles. The standard InChI is InChI=1S/C12H17NO4/c1-16-11-7-9(3-4-10(11)14)8-13-6-5-12(15)17-2/h3-4,7,13-14H,5-6,8H2,1-2H3. The molecule has 0 radical (unpaired) electrons. The van der Waals surface area contributed by atoms with Gasteiger partial charge < -0.3 is 19.9 Å². The molecule has 0 amide bonds. The van der Waals surface area contributed by atoms with E-state index < -0.39 is 0 Å². The maximum Gasteiger partial charge on any atom is 0.306 e.